The van der Waals surface area contributed by atoms with Crippen molar-refractivity contribution < 1.29 is 29.0 Å². The summed E-state index contributed by atoms with van der Waals surface area (Å²) >= 11 is 0. The predicted molar refractivity (Wildman–Crippen MR) is 173 cm³/mol. The van der Waals surface area contributed by atoms with Crippen molar-refractivity contribution in [2.75, 3.05) is 39.4 Å². The molecule has 6 rings (SSSR count). The van der Waals surface area contributed by atoms with Crippen LogP contribution in [0.25, 0.3) is 0 Å². The van der Waals surface area contributed by atoms with Crippen LogP contribution in [-0.2, 0) is 20.9 Å². The van der Waals surface area contributed by atoms with Gasteiger partial charge in [-0.05, 0) is 98.7 Å². The number of rotatable bonds is 12. The maximum atomic E-state index is 13.8. The monoisotopic (exact) mass is 632 g/mol. The van der Waals surface area contributed by atoms with Crippen molar-refractivity contribution in [2.24, 2.45) is 11.8 Å². The van der Waals surface area contributed by atoms with E-state index in [-0.39, 0.29) is 23.6 Å². The minimum atomic E-state index is -0.906. The van der Waals surface area contributed by atoms with Crippen LogP contribution in [-0.4, -0.2) is 89.7 Å². The van der Waals surface area contributed by atoms with Crippen LogP contribution in [0.2, 0.25) is 0 Å². The van der Waals surface area contributed by atoms with E-state index in [2.05, 4.69) is 22.5 Å². The molecule has 1 saturated carbocycles. The maximum absolute atomic E-state index is 13.8. The summed E-state index contributed by atoms with van der Waals surface area (Å²) in [5.74, 6) is 1.64. The van der Waals surface area contributed by atoms with E-state index in [9.17, 15) is 19.5 Å². The number of benzene rings is 2. The highest BCUT2D eigenvalue weighted by atomic mass is 16.5. The number of piperidine rings is 1. The molecule has 1 spiro atoms. The number of carbonyl (C=O) groups excluding carboxylic acids is 3. The van der Waals surface area contributed by atoms with Crippen molar-refractivity contribution in [1.29, 1.82) is 0 Å². The zero-order chi connectivity index (χ0) is 32.1. The number of carbonyl (C=O) groups is 3. The molecule has 1 aliphatic carbocycles. The zero-order valence-corrected chi connectivity index (χ0v) is 26.9. The van der Waals surface area contributed by atoms with Crippen molar-refractivity contribution in [3.63, 3.8) is 0 Å². The van der Waals surface area contributed by atoms with Crippen LogP contribution in [0.5, 0.6) is 11.5 Å². The smallest absolute Gasteiger partial charge is 0.251 e. The van der Waals surface area contributed by atoms with Gasteiger partial charge in [-0.1, -0.05) is 25.5 Å². The van der Waals surface area contributed by atoms with Gasteiger partial charge in [-0.25, -0.2) is 0 Å². The summed E-state index contributed by atoms with van der Waals surface area (Å²) in [5.41, 5.74) is 0.889. The first kappa shape index (κ1) is 32.5. The van der Waals surface area contributed by atoms with Crippen LogP contribution in [0.4, 0.5) is 0 Å². The number of piperazine rings is 1. The molecular formula is C36H48N4O6. The molecule has 10 heteroatoms. The summed E-state index contributed by atoms with van der Waals surface area (Å²) in [6.45, 7) is 6.61. The number of ether oxygens (including phenoxy) is 2. The van der Waals surface area contributed by atoms with E-state index in [1.807, 2.05) is 36.4 Å². The van der Waals surface area contributed by atoms with Crippen molar-refractivity contribution in [3.8, 4) is 11.5 Å². The molecule has 248 valence electrons. The normalized spacial score (nSPS) is 22.8. The third-order valence-corrected chi connectivity index (χ3v) is 10.2. The highest BCUT2D eigenvalue weighted by Gasteiger charge is 2.55. The lowest BCUT2D eigenvalue weighted by atomic mass is 9.79. The Labute approximate surface area is 271 Å². The fourth-order valence-corrected chi connectivity index (χ4v) is 7.01. The quantitative estimate of drug-likeness (QED) is 0.325. The molecule has 2 aromatic carbocycles. The van der Waals surface area contributed by atoms with Gasteiger partial charge in [0.05, 0.1) is 6.10 Å². The zero-order valence-electron chi connectivity index (χ0n) is 26.9. The van der Waals surface area contributed by atoms with E-state index in [4.69, 9.17) is 9.47 Å². The Morgan fingerprint density at radius 2 is 1.67 bits per heavy atom. The number of hydrogen-bond acceptors (Lipinski definition) is 7. The summed E-state index contributed by atoms with van der Waals surface area (Å²) in [6.07, 6.45) is 5.74. The molecule has 4 fully saturated rings. The fourth-order valence-electron chi connectivity index (χ4n) is 7.01. The Balaban J connectivity index is 1.03. The molecule has 3 heterocycles. The van der Waals surface area contributed by atoms with E-state index < -0.39 is 17.7 Å². The molecule has 2 aromatic rings. The van der Waals surface area contributed by atoms with Crippen molar-refractivity contribution >= 4 is 17.7 Å². The molecule has 2 atom stereocenters. The molecule has 3 aliphatic heterocycles. The largest absolute Gasteiger partial charge is 0.457 e. The van der Waals surface area contributed by atoms with Gasteiger partial charge in [-0.15, -0.1) is 0 Å². The van der Waals surface area contributed by atoms with E-state index in [0.717, 1.165) is 31.5 Å². The number of nitrogens with one attached hydrogen (secondary N) is 2. The third kappa shape index (κ3) is 7.40. The molecule has 0 radical (unpaired) electrons. The van der Waals surface area contributed by atoms with Gasteiger partial charge in [0.15, 0.2) is 0 Å². The third-order valence-electron chi connectivity index (χ3n) is 10.2. The average Bonchev–Trinajstić information content (AvgIpc) is 3.92. The second-order valence-electron chi connectivity index (χ2n) is 13.5. The van der Waals surface area contributed by atoms with Crippen LogP contribution in [0.15, 0.2) is 48.5 Å². The number of nitrogens with zero attached hydrogens (tertiary/aromatic N) is 2. The summed E-state index contributed by atoms with van der Waals surface area (Å²) in [5, 5.41) is 17.1. The maximum Gasteiger partial charge on any atom is 0.251 e. The first-order valence-corrected chi connectivity index (χ1v) is 17.1. The number of likely N-dealkylation sites (tertiary alicyclic amines) is 1. The van der Waals surface area contributed by atoms with E-state index >= 15 is 0 Å². The lowest BCUT2D eigenvalue weighted by Gasteiger charge is -2.52. The molecule has 0 bridgehead atoms. The van der Waals surface area contributed by atoms with Crippen LogP contribution < -0.4 is 15.4 Å². The minimum absolute atomic E-state index is 0.0515. The molecule has 3 N–H and O–H groups in total. The summed E-state index contributed by atoms with van der Waals surface area (Å²) in [6, 6.07) is 14.3. The summed E-state index contributed by atoms with van der Waals surface area (Å²) < 4.78 is 11.5. The molecular weight excluding hydrogens is 584 g/mol. The van der Waals surface area contributed by atoms with Gasteiger partial charge >= 0.3 is 0 Å². The first-order chi connectivity index (χ1) is 22.4. The van der Waals surface area contributed by atoms with E-state index in [1.165, 1.54) is 12.8 Å². The first-order valence-electron chi connectivity index (χ1n) is 17.1. The van der Waals surface area contributed by atoms with Gasteiger partial charge in [0.1, 0.15) is 23.1 Å². The van der Waals surface area contributed by atoms with Gasteiger partial charge in [-0.2, -0.15) is 0 Å². The summed E-state index contributed by atoms with van der Waals surface area (Å²) in [7, 11) is 0. The van der Waals surface area contributed by atoms with Crippen LogP contribution in [0, 0.1) is 11.8 Å². The fraction of sp³-hybridized carbons (Fsp3) is 0.583. The number of aliphatic hydroxyl groups is 1. The highest BCUT2D eigenvalue weighted by molar-refractivity contribution is 6.00. The Bertz CT molecular complexity index is 1350. The molecule has 4 aliphatic rings. The second-order valence-corrected chi connectivity index (χ2v) is 13.5. The predicted octanol–water partition coefficient (Wildman–Crippen LogP) is 3.87. The van der Waals surface area contributed by atoms with Gasteiger partial charge in [-0.3, -0.25) is 19.3 Å². The number of aliphatic hydroxyl groups excluding tert-OH is 1. The topological polar surface area (TPSA) is 120 Å². The molecule has 46 heavy (non-hydrogen) atoms. The van der Waals surface area contributed by atoms with E-state index in [0.29, 0.717) is 81.5 Å². The van der Waals surface area contributed by atoms with Gasteiger partial charge in [0, 0.05) is 51.5 Å². The SMILES string of the molecule is CCCCN1C(=O)[C@@H](C(O)C2CCOCC2)NC(=O)C12CCN(Cc1ccc(Oc3ccc(C(=O)NCC4CC4)cc3)cc1)CC2. The molecule has 3 saturated heterocycles. The molecule has 10 nitrogen and oxygen atoms in total. The Hall–Kier alpha value is -3.47. The number of unbranched alkanes of at least 4 members (excludes halogenated alkanes) is 1. The molecule has 1 unspecified atom stereocenters. The van der Waals surface area contributed by atoms with Crippen LogP contribution in [0.3, 0.4) is 0 Å². The van der Waals surface area contributed by atoms with Crippen molar-refractivity contribution in [2.45, 2.75) is 82.5 Å². The Morgan fingerprint density at radius 1 is 1.02 bits per heavy atom. The second kappa shape index (κ2) is 14.5. The lowest BCUT2D eigenvalue weighted by Crippen LogP contribution is -2.75. The number of hydrogen-bond donors (Lipinski definition) is 3. The summed E-state index contributed by atoms with van der Waals surface area (Å²) in [4.78, 5) is 44.0. The van der Waals surface area contributed by atoms with Crippen LogP contribution in [0.1, 0.15) is 74.2 Å². The standard InChI is InChI=1S/C36H48N4O6/c1-2-3-18-40-34(43)31(32(41)27-14-21-45-22-15-27)38-35(44)36(40)16-19-39(20-17-36)24-26-6-10-29(11-7-26)46-30-12-8-28(9-13-30)33(42)37-23-25-4-5-25/h6-13,25,27,31-32,41H,2-5,14-24H2,1H3,(H,37,42)(H,38,44)/t31-,32?/m1/s1. The average molecular weight is 633 g/mol. The van der Waals surface area contributed by atoms with E-state index in [1.54, 1.807) is 17.0 Å². The van der Waals surface area contributed by atoms with Crippen LogP contribution >= 0.6 is 0 Å². The number of amides is 3. The van der Waals surface area contributed by atoms with Crippen molar-refractivity contribution in [1.82, 2.24) is 20.4 Å². The molecule has 0 aromatic heterocycles. The Kier molecular flexibility index (Phi) is 10.3. The lowest BCUT2D eigenvalue weighted by molar-refractivity contribution is -0.166. The van der Waals surface area contributed by atoms with Gasteiger partial charge in [0.25, 0.3) is 5.91 Å². The highest BCUT2D eigenvalue weighted by Crippen LogP contribution is 2.36. The Morgan fingerprint density at radius 3 is 2.30 bits per heavy atom. The van der Waals surface area contributed by atoms with Gasteiger partial charge < -0.3 is 30.1 Å². The molecule has 3 amide bonds. The van der Waals surface area contributed by atoms with Crippen molar-refractivity contribution in [3.05, 3.63) is 59.7 Å². The minimum Gasteiger partial charge on any atom is -0.457 e. The van der Waals surface area contributed by atoms with Gasteiger partial charge in [0.2, 0.25) is 11.8 Å².